The standard InChI is InChI=1S/C29H35F3N4O4S/c30-29(31,32)25(37)20-41-17-7-12-24(33)28(40)36(26(38)18-34-27(39)22-10-5-2-6-11-22)16-15-35-14-13-23(19-35)21-8-3-1-4-9-21/h1-6,8-11,23-24H,7,12-20,33H2,(H,34,39)/t23?,24-/m0/s1. The number of nitrogens with one attached hydrogen (secondary N) is 1. The lowest BCUT2D eigenvalue weighted by Gasteiger charge is -2.27. The van der Waals surface area contributed by atoms with Crippen LogP contribution in [0.3, 0.4) is 0 Å². The molecule has 1 unspecified atom stereocenters. The van der Waals surface area contributed by atoms with E-state index in [1.807, 2.05) is 18.2 Å². The van der Waals surface area contributed by atoms with Gasteiger partial charge in [0.1, 0.15) is 0 Å². The number of hydrogen-bond donors (Lipinski definition) is 2. The number of rotatable bonds is 14. The van der Waals surface area contributed by atoms with Gasteiger partial charge in [0.2, 0.25) is 17.6 Å². The number of nitrogens with zero attached hydrogens (tertiary/aromatic N) is 2. The Morgan fingerprint density at radius 1 is 1.05 bits per heavy atom. The minimum absolute atomic E-state index is 0.0862. The Bertz CT molecular complexity index is 1170. The third-order valence-corrected chi connectivity index (χ3v) is 7.90. The third kappa shape index (κ3) is 10.3. The molecule has 1 saturated heterocycles. The topological polar surface area (TPSA) is 113 Å². The van der Waals surface area contributed by atoms with E-state index in [4.69, 9.17) is 5.73 Å². The van der Waals surface area contributed by atoms with Gasteiger partial charge in [0, 0.05) is 25.2 Å². The van der Waals surface area contributed by atoms with E-state index in [-0.39, 0.29) is 18.7 Å². The first-order valence-electron chi connectivity index (χ1n) is 13.4. The number of benzene rings is 2. The maximum absolute atomic E-state index is 13.2. The number of thioether (sulfide) groups is 1. The number of nitrogens with two attached hydrogens (primary N) is 1. The van der Waals surface area contributed by atoms with Crippen LogP contribution in [-0.4, -0.2) is 89.8 Å². The van der Waals surface area contributed by atoms with Gasteiger partial charge in [0.05, 0.1) is 18.3 Å². The number of carbonyl (C=O) groups excluding carboxylic acids is 4. The molecule has 3 rings (SSSR count). The predicted molar refractivity (Wildman–Crippen MR) is 151 cm³/mol. The summed E-state index contributed by atoms with van der Waals surface area (Å²) in [5, 5.41) is 2.55. The highest BCUT2D eigenvalue weighted by Crippen LogP contribution is 2.26. The summed E-state index contributed by atoms with van der Waals surface area (Å²) in [5.74, 6) is -3.61. The molecule has 8 nitrogen and oxygen atoms in total. The molecule has 41 heavy (non-hydrogen) atoms. The van der Waals surface area contributed by atoms with Crippen molar-refractivity contribution in [1.82, 2.24) is 15.1 Å². The smallest absolute Gasteiger partial charge is 0.343 e. The lowest BCUT2D eigenvalue weighted by atomic mass is 9.99. The second kappa shape index (κ2) is 15.7. The van der Waals surface area contributed by atoms with E-state index in [0.29, 0.717) is 24.4 Å². The Balaban J connectivity index is 1.55. The molecule has 1 aliphatic heterocycles. The Morgan fingerprint density at radius 2 is 1.71 bits per heavy atom. The zero-order valence-corrected chi connectivity index (χ0v) is 23.5. The Hall–Kier alpha value is -3.22. The van der Waals surface area contributed by atoms with Gasteiger partial charge in [-0.15, -0.1) is 0 Å². The summed E-state index contributed by atoms with van der Waals surface area (Å²) in [4.78, 5) is 53.0. The van der Waals surface area contributed by atoms with Crippen LogP contribution in [0.2, 0.25) is 0 Å². The number of alkyl halides is 3. The monoisotopic (exact) mass is 592 g/mol. The molecule has 2 aromatic rings. The first-order chi connectivity index (χ1) is 19.6. The number of hydrogen-bond acceptors (Lipinski definition) is 7. The molecular formula is C29H35F3N4O4S. The van der Waals surface area contributed by atoms with Gasteiger partial charge in [-0.1, -0.05) is 48.5 Å². The third-order valence-electron chi connectivity index (χ3n) is 6.86. The molecule has 0 saturated carbocycles. The van der Waals surface area contributed by atoms with Gasteiger partial charge >= 0.3 is 6.18 Å². The van der Waals surface area contributed by atoms with E-state index in [9.17, 15) is 32.3 Å². The average molecular weight is 593 g/mol. The van der Waals surface area contributed by atoms with E-state index in [2.05, 4.69) is 22.3 Å². The Labute approximate surface area is 241 Å². The molecular weight excluding hydrogens is 557 g/mol. The number of amides is 3. The molecule has 0 aliphatic carbocycles. The van der Waals surface area contributed by atoms with E-state index >= 15 is 0 Å². The second-order valence-electron chi connectivity index (χ2n) is 9.85. The van der Waals surface area contributed by atoms with Crippen LogP contribution in [0.25, 0.3) is 0 Å². The summed E-state index contributed by atoms with van der Waals surface area (Å²) in [6.45, 7) is 1.72. The molecule has 0 radical (unpaired) electrons. The quantitative estimate of drug-likeness (QED) is 0.324. The van der Waals surface area contributed by atoms with Gasteiger partial charge in [-0.25, -0.2) is 0 Å². The molecule has 2 aromatic carbocycles. The number of likely N-dealkylation sites (tertiary alicyclic amines) is 1. The molecule has 3 N–H and O–H groups in total. The van der Waals surface area contributed by atoms with Crippen molar-refractivity contribution in [2.75, 3.05) is 44.2 Å². The molecule has 0 spiro atoms. The predicted octanol–water partition coefficient (Wildman–Crippen LogP) is 3.23. The van der Waals surface area contributed by atoms with Crippen molar-refractivity contribution in [3.8, 4) is 0 Å². The van der Waals surface area contributed by atoms with Crippen molar-refractivity contribution >= 4 is 35.3 Å². The molecule has 0 bridgehead atoms. The molecule has 0 aromatic heterocycles. The maximum Gasteiger partial charge on any atom is 0.450 e. The maximum atomic E-state index is 13.2. The highest BCUT2D eigenvalue weighted by molar-refractivity contribution is 7.99. The Morgan fingerprint density at radius 3 is 2.37 bits per heavy atom. The molecule has 1 fully saturated rings. The molecule has 1 heterocycles. The number of halogens is 3. The number of carbonyl (C=O) groups is 4. The van der Waals surface area contributed by atoms with Crippen molar-refractivity contribution < 1.29 is 32.3 Å². The largest absolute Gasteiger partial charge is 0.450 e. The summed E-state index contributed by atoms with van der Waals surface area (Å²) in [6.07, 6.45) is -3.49. The summed E-state index contributed by atoms with van der Waals surface area (Å²) >= 11 is 0.820. The average Bonchev–Trinajstić information content (AvgIpc) is 3.45. The van der Waals surface area contributed by atoms with Crippen molar-refractivity contribution in [2.24, 2.45) is 5.73 Å². The van der Waals surface area contributed by atoms with Crippen LogP contribution in [0.4, 0.5) is 13.2 Å². The van der Waals surface area contributed by atoms with E-state index in [1.165, 1.54) is 5.56 Å². The van der Waals surface area contributed by atoms with Gasteiger partial charge < -0.3 is 16.0 Å². The second-order valence-corrected chi connectivity index (χ2v) is 11.0. The Kier molecular flexibility index (Phi) is 12.4. The fourth-order valence-electron chi connectivity index (χ4n) is 4.55. The summed E-state index contributed by atoms with van der Waals surface area (Å²) in [7, 11) is 0. The summed E-state index contributed by atoms with van der Waals surface area (Å²) in [6, 6.07) is 17.4. The molecule has 1 aliphatic rings. The van der Waals surface area contributed by atoms with Crippen LogP contribution in [0.5, 0.6) is 0 Å². The molecule has 12 heteroatoms. The first kappa shape index (κ1) is 32.3. The highest BCUT2D eigenvalue weighted by Gasteiger charge is 2.37. The van der Waals surface area contributed by atoms with E-state index < -0.39 is 48.0 Å². The minimum atomic E-state index is -4.87. The number of Topliss-reactive ketones (excluding diaryl/α,β-unsaturated/α-hetero) is 1. The van der Waals surface area contributed by atoms with Crippen LogP contribution >= 0.6 is 11.8 Å². The molecule has 222 valence electrons. The zero-order valence-electron chi connectivity index (χ0n) is 22.6. The van der Waals surface area contributed by atoms with Gasteiger partial charge in [-0.2, -0.15) is 24.9 Å². The van der Waals surface area contributed by atoms with Crippen molar-refractivity contribution in [3.63, 3.8) is 0 Å². The van der Waals surface area contributed by atoms with Gasteiger partial charge in [-0.3, -0.25) is 24.1 Å². The highest BCUT2D eigenvalue weighted by atomic mass is 32.2. The van der Waals surface area contributed by atoms with E-state index in [0.717, 1.165) is 36.2 Å². The zero-order chi connectivity index (χ0) is 29.8. The van der Waals surface area contributed by atoms with Crippen molar-refractivity contribution in [2.45, 2.75) is 37.4 Å². The fourth-order valence-corrected chi connectivity index (χ4v) is 5.41. The van der Waals surface area contributed by atoms with Crippen molar-refractivity contribution in [3.05, 3.63) is 71.8 Å². The summed E-state index contributed by atoms with van der Waals surface area (Å²) < 4.78 is 37.1. The van der Waals surface area contributed by atoms with Crippen molar-refractivity contribution in [1.29, 1.82) is 0 Å². The van der Waals surface area contributed by atoms with Gasteiger partial charge in [0.25, 0.3) is 5.91 Å². The SMILES string of the molecule is N[C@@H](CCCSCC(=O)C(F)(F)F)C(=O)N(CCN1CCC(c2ccccc2)C1)C(=O)CNC(=O)c1ccccc1. The van der Waals surface area contributed by atoms with Crippen LogP contribution < -0.4 is 11.1 Å². The van der Waals surface area contributed by atoms with Crippen LogP contribution in [0.15, 0.2) is 60.7 Å². The lowest BCUT2D eigenvalue weighted by Crippen LogP contribution is -2.52. The van der Waals surface area contributed by atoms with Gasteiger partial charge in [-0.05, 0) is 55.2 Å². The van der Waals surface area contributed by atoms with Gasteiger partial charge in [0.15, 0.2) is 0 Å². The summed E-state index contributed by atoms with van der Waals surface area (Å²) in [5.41, 5.74) is 7.71. The molecule has 2 atom stereocenters. The number of ketones is 1. The number of imide groups is 1. The van der Waals surface area contributed by atoms with E-state index in [1.54, 1.807) is 30.3 Å². The van der Waals surface area contributed by atoms with Crippen LogP contribution in [-0.2, 0) is 14.4 Å². The van der Waals surface area contributed by atoms with Crippen LogP contribution in [0, 0.1) is 0 Å². The fraction of sp³-hybridized carbons (Fsp3) is 0.448. The van der Waals surface area contributed by atoms with Crippen LogP contribution in [0.1, 0.15) is 41.1 Å². The minimum Gasteiger partial charge on any atom is -0.343 e. The lowest BCUT2D eigenvalue weighted by molar-refractivity contribution is -0.167. The molecule has 3 amide bonds. The normalized spacial score (nSPS) is 16.2. The first-order valence-corrected chi connectivity index (χ1v) is 14.6.